The topological polar surface area (TPSA) is 87.5 Å². The van der Waals surface area contributed by atoms with Crippen LogP contribution in [0.25, 0.3) is 0 Å². The van der Waals surface area contributed by atoms with Gasteiger partial charge in [-0.3, -0.25) is 20.7 Å². The first-order valence-corrected chi connectivity index (χ1v) is 4.70. The Kier molecular flexibility index (Phi) is 3.67. The lowest BCUT2D eigenvalue weighted by molar-refractivity contribution is -0.121. The highest BCUT2D eigenvalue weighted by atomic mass is 32.2. The second-order valence-corrected chi connectivity index (χ2v) is 3.64. The Balaban J connectivity index is 2.42. The molecule has 0 aliphatic carbocycles. The van der Waals surface area contributed by atoms with Crippen molar-refractivity contribution >= 4 is 22.9 Å². The van der Waals surface area contributed by atoms with E-state index >= 15 is 0 Å². The van der Waals surface area contributed by atoms with Crippen molar-refractivity contribution in [3.63, 3.8) is 0 Å². The summed E-state index contributed by atoms with van der Waals surface area (Å²) in [6, 6.07) is 0. The van der Waals surface area contributed by atoms with Crippen molar-refractivity contribution in [1.82, 2.24) is 15.6 Å². The van der Waals surface area contributed by atoms with Crippen LogP contribution in [-0.2, 0) is 4.79 Å². The monoisotopic (exact) mass is 204 g/mol. The van der Waals surface area contributed by atoms with Crippen LogP contribution in [-0.4, -0.2) is 41.7 Å². The largest absolute Gasteiger partial charge is 0.318 e. The zero-order chi connectivity index (χ0) is 9.84. The molecule has 0 bridgehead atoms. The van der Waals surface area contributed by atoms with E-state index in [-0.39, 0.29) is 11.1 Å². The summed E-state index contributed by atoms with van der Waals surface area (Å²) in [6.45, 7) is 1.20. The summed E-state index contributed by atoms with van der Waals surface area (Å²) in [7, 11) is 1.79. The van der Waals surface area contributed by atoms with Gasteiger partial charge in [0.15, 0.2) is 5.37 Å². The van der Waals surface area contributed by atoms with Gasteiger partial charge in [-0.25, -0.2) is 5.01 Å². The van der Waals surface area contributed by atoms with Crippen molar-refractivity contribution in [2.45, 2.75) is 5.37 Å². The maximum Gasteiger partial charge on any atom is 0.287 e. The van der Waals surface area contributed by atoms with Crippen molar-refractivity contribution in [3.05, 3.63) is 0 Å². The average molecular weight is 204 g/mol. The van der Waals surface area contributed by atoms with Crippen LogP contribution in [0, 0.1) is 0 Å². The summed E-state index contributed by atoms with van der Waals surface area (Å²) in [5.41, 5.74) is 0. The standard InChI is InChI=1S/C6H12N4O2S/c1-8-2-3-10(7)5-4(11)9-6(12)13-5/h5,8H,2-3,7H2,1H3,(H,9,11,12). The van der Waals surface area contributed by atoms with Crippen LogP contribution in [0.5, 0.6) is 0 Å². The third kappa shape index (κ3) is 2.66. The third-order valence-corrected chi connectivity index (χ3v) is 2.61. The van der Waals surface area contributed by atoms with Gasteiger partial charge in [0.25, 0.3) is 11.1 Å². The number of carbonyl (C=O) groups excluding carboxylic acids is 2. The lowest BCUT2D eigenvalue weighted by atomic mass is 10.5. The molecule has 2 amide bonds. The van der Waals surface area contributed by atoms with Crippen LogP contribution in [0.1, 0.15) is 0 Å². The number of hydrogen-bond acceptors (Lipinski definition) is 6. The number of likely N-dealkylation sites (N-methyl/N-ethyl adjacent to an activating group) is 1. The molecular weight excluding hydrogens is 192 g/mol. The highest BCUT2D eigenvalue weighted by Crippen LogP contribution is 2.19. The Morgan fingerprint density at radius 1 is 1.69 bits per heavy atom. The molecule has 4 N–H and O–H groups in total. The smallest absolute Gasteiger partial charge is 0.287 e. The zero-order valence-corrected chi connectivity index (χ0v) is 8.06. The number of nitrogens with one attached hydrogen (secondary N) is 2. The summed E-state index contributed by atoms with van der Waals surface area (Å²) in [5, 5.41) is 5.50. The van der Waals surface area contributed by atoms with E-state index in [1.807, 2.05) is 0 Å². The Morgan fingerprint density at radius 2 is 2.38 bits per heavy atom. The molecule has 1 unspecified atom stereocenters. The number of hydrazine groups is 1. The highest BCUT2D eigenvalue weighted by Gasteiger charge is 2.34. The van der Waals surface area contributed by atoms with Gasteiger partial charge in [-0.15, -0.1) is 0 Å². The Hall–Kier alpha value is -0.630. The van der Waals surface area contributed by atoms with Crippen molar-refractivity contribution in [2.75, 3.05) is 20.1 Å². The summed E-state index contributed by atoms with van der Waals surface area (Å²) < 4.78 is 0. The predicted octanol–water partition coefficient (Wildman–Crippen LogP) is -1.31. The van der Waals surface area contributed by atoms with E-state index in [0.29, 0.717) is 13.1 Å². The number of rotatable bonds is 4. The lowest BCUT2D eigenvalue weighted by Gasteiger charge is -2.19. The van der Waals surface area contributed by atoms with Crippen LogP contribution >= 0.6 is 11.8 Å². The van der Waals surface area contributed by atoms with Gasteiger partial charge in [0.05, 0.1) is 0 Å². The molecule has 7 heteroatoms. The molecule has 1 aliphatic heterocycles. The quantitative estimate of drug-likeness (QED) is 0.389. The summed E-state index contributed by atoms with van der Waals surface area (Å²) in [4.78, 5) is 21.9. The van der Waals surface area contributed by atoms with E-state index in [2.05, 4.69) is 10.6 Å². The van der Waals surface area contributed by atoms with E-state index in [1.54, 1.807) is 7.05 Å². The van der Waals surface area contributed by atoms with Crippen LogP contribution in [0.4, 0.5) is 4.79 Å². The van der Waals surface area contributed by atoms with E-state index in [0.717, 1.165) is 11.8 Å². The molecule has 6 nitrogen and oxygen atoms in total. The minimum Gasteiger partial charge on any atom is -0.318 e. The molecule has 74 valence electrons. The second kappa shape index (κ2) is 4.56. The molecule has 1 fully saturated rings. The molecule has 0 spiro atoms. The van der Waals surface area contributed by atoms with Gasteiger partial charge in [-0.1, -0.05) is 0 Å². The number of nitrogens with two attached hydrogens (primary N) is 1. The summed E-state index contributed by atoms with van der Waals surface area (Å²) >= 11 is 0.906. The highest BCUT2D eigenvalue weighted by molar-refractivity contribution is 8.15. The number of imide groups is 1. The molecule has 0 saturated carbocycles. The normalized spacial score (nSPS) is 22.5. The van der Waals surface area contributed by atoms with Gasteiger partial charge >= 0.3 is 0 Å². The van der Waals surface area contributed by atoms with Gasteiger partial charge in [0.2, 0.25) is 0 Å². The van der Waals surface area contributed by atoms with Crippen molar-refractivity contribution in [2.24, 2.45) is 5.84 Å². The molecule has 0 aromatic carbocycles. The van der Waals surface area contributed by atoms with Gasteiger partial charge < -0.3 is 5.32 Å². The van der Waals surface area contributed by atoms with Gasteiger partial charge in [-0.2, -0.15) is 0 Å². The molecule has 1 rings (SSSR count). The zero-order valence-electron chi connectivity index (χ0n) is 7.24. The summed E-state index contributed by atoms with van der Waals surface area (Å²) in [6.07, 6.45) is 0. The Labute approximate surface area is 80.2 Å². The first-order chi connectivity index (χ1) is 6.15. The van der Waals surface area contributed by atoms with E-state index in [1.165, 1.54) is 5.01 Å². The fourth-order valence-electron chi connectivity index (χ4n) is 0.923. The first-order valence-electron chi connectivity index (χ1n) is 3.82. The van der Waals surface area contributed by atoms with Crippen LogP contribution in [0.15, 0.2) is 0 Å². The molecule has 0 aromatic heterocycles. The van der Waals surface area contributed by atoms with Crippen molar-refractivity contribution in [1.29, 1.82) is 0 Å². The number of nitrogens with zero attached hydrogens (tertiary/aromatic N) is 1. The molecule has 1 aliphatic rings. The number of hydrogen-bond donors (Lipinski definition) is 3. The van der Waals surface area contributed by atoms with Gasteiger partial charge in [0, 0.05) is 13.1 Å². The van der Waals surface area contributed by atoms with Crippen LogP contribution < -0.4 is 16.5 Å². The average Bonchev–Trinajstić information content (AvgIpc) is 2.41. The number of amides is 2. The molecule has 1 saturated heterocycles. The minimum absolute atomic E-state index is 0.338. The second-order valence-electron chi connectivity index (χ2n) is 2.59. The molecule has 0 aromatic rings. The number of carbonyl (C=O) groups is 2. The van der Waals surface area contributed by atoms with Crippen molar-refractivity contribution in [3.8, 4) is 0 Å². The SMILES string of the molecule is CNCCN(N)C1SC(=O)NC1=O. The van der Waals surface area contributed by atoms with Gasteiger partial charge in [0.1, 0.15) is 0 Å². The van der Waals surface area contributed by atoms with E-state index in [4.69, 9.17) is 5.84 Å². The van der Waals surface area contributed by atoms with E-state index < -0.39 is 5.37 Å². The fraction of sp³-hybridized carbons (Fsp3) is 0.667. The molecule has 1 heterocycles. The van der Waals surface area contributed by atoms with E-state index in [9.17, 15) is 9.59 Å². The maximum atomic E-state index is 11.1. The molecule has 13 heavy (non-hydrogen) atoms. The number of thioether (sulfide) groups is 1. The van der Waals surface area contributed by atoms with Gasteiger partial charge in [-0.05, 0) is 18.8 Å². The first kappa shape index (κ1) is 10.5. The third-order valence-electron chi connectivity index (χ3n) is 1.59. The van der Waals surface area contributed by atoms with Crippen LogP contribution in [0.3, 0.4) is 0 Å². The Morgan fingerprint density at radius 3 is 2.85 bits per heavy atom. The minimum atomic E-state index is -0.583. The predicted molar refractivity (Wildman–Crippen MR) is 49.7 cm³/mol. The fourth-order valence-corrected chi connectivity index (χ4v) is 1.69. The summed E-state index contributed by atoms with van der Waals surface area (Å²) in [5.74, 6) is 5.24. The molecular formula is C6H12N4O2S. The maximum absolute atomic E-state index is 11.1. The molecule has 1 atom stereocenters. The molecule has 0 radical (unpaired) electrons. The van der Waals surface area contributed by atoms with Crippen molar-refractivity contribution < 1.29 is 9.59 Å². The lowest BCUT2D eigenvalue weighted by Crippen LogP contribution is -2.46. The Bertz CT molecular complexity index is 223. The van der Waals surface area contributed by atoms with Crippen LogP contribution in [0.2, 0.25) is 0 Å².